The van der Waals surface area contributed by atoms with Gasteiger partial charge >= 0.3 is 0 Å². The van der Waals surface area contributed by atoms with E-state index in [2.05, 4.69) is 38.3 Å². The summed E-state index contributed by atoms with van der Waals surface area (Å²) >= 11 is 3.46. The second-order valence-electron chi connectivity index (χ2n) is 5.98. The number of benzene rings is 1. The van der Waals surface area contributed by atoms with Gasteiger partial charge in [-0.1, -0.05) is 36.8 Å². The van der Waals surface area contributed by atoms with Gasteiger partial charge in [-0.2, -0.15) is 5.10 Å². The second kappa shape index (κ2) is 6.65. The number of aromatic amines is 1. The first kappa shape index (κ1) is 15.3. The quantitative estimate of drug-likeness (QED) is 0.876. The van der Waals surface area contributed by atoms with Crippen molar-refractivity contribution in [3.05, 3.63) is 51.8 Å². The predicted octanol–water partition coefficient (Wildman–Crippen LogP) is 3.92. The van der Waals surface area contributed by atoms with Crippen LogP contribution in [0.25, 0.3) is 0 Å². The molecular formula is C17H20BrN3O. The number of aromatic nitrogens is 2. The zero-order valence-electron chi connectivity index (χ0n) is 12.7. The van der Waals surface area contributed by atoms with E-state index in [1.54, 1.807) is 0 Å². The molecule has 1 aromatic heterocycles. The van der Waals surface area contributed by atoms with Crippen LogP contribution < -0.4 is 0 Å². The number of hydrogen-bond donors (Lipinski definition) is 1. The number of amides is 1. The fourth-order valence-corrected chi connectivity index (χ4v) is 3.06. The lowest BCUT2D eigenvalue weighted by molar-refractivity contribution is 0.0672. The molecule has 4 nitrogen and oxygen atoms in total. The molecule has 1 aromatic carbocycles. The van der Waals surface area contributed by atoms with Gasteiger partial charge < -0.3 is 4.90 Å². The summed E-state index contributed by atoms with van der Waals surface area (Å²) in [7, 11) is 0. The molecule has 0 spiro atoms. The van der Waals surface area contributed by atoms with Crippen LogP contribution in [0.2, 0.25) is 0 Å². The Morgan fingerprint density at radius 3 is 2.64 bits per heavy atom. The fourth-order valence-electron chi connectivity index (χ4n) is 2.72. The van der Waals surface area contributed by atoms with Crippen LogP contribution in [0.1, 0.15) is 41.0 Å². The van der Waals surface area contributed by atoms with Gasteiger partial charge in [0.15, 0.2) is 5.69 Å². The van der Waals surface area contributed by atoms with E-state index in [0.29, 0.717) is 18.2 Å². The third-order valence-corrected chi connectivity index (χ3v) is 5.25. The number of nitrogens with one attached hydrogen (secondary N) is 1. The summed E-state index contributed by atoms with van der Waals surface area (Å²) in [5, 5.41) is 7.04. The normalized spacial score (nSPS) is 14.6. The Balaban J connectivity index is 1.80. The van der Waals surface area contributed by atoms with Crippen molar-refractivity contribution in [1.82, 2.24) is 15.1 Å². The van der Waals surface area contributed by atoms with Crippen molar-refractivity contribution >= 4 is 21.8 Å². The average Bonchev–Trinajstić information content (AvgIpc) is 2.82. The Morgan fingerprint density at radius 2 is 2.09 bits per heavy atom. The number of carbonyl (C=O) groups is 1. The minimum Gasteiger partial charge on any atom is -0.333 e. The molecule has 2 aromatic rings. The maximum absolute atomic E-state index is 12.9. The fraction of sp³-hybridized carbons (Fsp3) is 0.412. The zero-order chi connectivity index (χ0) is 15.5. The lowest BCUT2D eigenvalue weighted by Gasteiger charge is -2.32. The van der Waals surface area contributed by atoms with Crippen molar-refractivity contribution in [3.8, 4) is 0 Å². The molecule has 0 unspecified atom stereocenters. The Labute approximate surface area is 139 Å². The van der Waals surface area contributed by atoms with Crippen molar-refractivity contribution in [3.63, 3.8) is 0 Å². The van der Waals surface area contributed by atoms with Gasteiger partial charge in [-0.25, -0.2) is 0 Å². The highest BCUT2D eigenvalue weighted by molar-refractivity contribution is 9.10. The topological polar surface area (TPSA) is 49.0 Å². The number of carbonyl (C=O) groups excluding carboxylic acids is 1. The molecule has 0 radical (unpaired) electrons. The zero-order valence-corrected chi connectivity index (χ0v) is 14.3. The first-order valence-electron chi connectivity index (χ1n) is 7.69. The highest BCUT2D eigenvalue weighted by Crippen LogP contribution is 2.29. The molecule has 5 heteroatoms. The summed E-state index contributed by atoms with van der Waals surface area (Å²) in [6.45, 7) is 3.35. The van der Waals surface area contributed by atoms with E-state index in [-0.39, 0.29) is 5.91 Å². The van der Waals surface area contributed by atoms with Gasteiger partial charge in [-0.3, -0.25) is 9.89 Å². The van der Waals surface area contributed by atoms with E-state index < -0.39 is 0 Å². The number of halogens is 1. The summed E-state index contributed by atoms with van der Waals surface area (Å²) in [6.07, 6.45) is 3.72. The highest BCUT2D eigenvalue weighted by Gasteiger charge is 2.27. The summed E-state index contributed by atoms with van der Waals surface area (Å²) in [5.74, 6) is 0.624. The summed E-state index contributed by atoms with van der Waals surface area (Å²) in [4.78, 5) is 14.8. The predicted molar refractivity (Wildman–Crippen MR) is 89.5 cm³/mol. The van der Waals surface area contributed by atoms with E-state index in [0.717, 1.165) is 22.3 Å². The van der Waals surface area contributed by atoms with E-state index in [4.69, 9.17) is 0 Å². The second-order valence-corrected chi connectivity index (χ2v) is 6.77. The molecule has 0 aliphatic heterocycles. The molecule has 3 rings (SSSR count). The molecule has 0 bridgehead atoms. The van der Waals surface area contributed by atoms with Crippen LogP contribution in [0, 0.1) is 12.8 Å². The molecule has 1 aliphatic carbocycles. The monoisotopic (exact) mass is 361 g/mol. The molecule has 0 atom stereocenters. The smallest absolute Gasteiger partial charge is 0.275 e. The Hall–Kier alpha value is -1.62. The molecular weight excluding hydrogens is 342 g/mol. The number of aryl methyl sites for hydroxylation is 1. The summed E-state index contributed by atoms with van der Waals surface area (Å²) < 4.78 is 0.768. The standard InChI is InChI=1S/C17H20BrN3O/c1-12-15(18)16(20-19-12)17(22)21(11-14-8-5-9-14)10-13-6-3-2-4-7-13/h2-4,6-7,14H,5,8-11H2,1H3,(H,19,20). The minimum atomic E-state index is -0.00743. The van der Waals surface area contributed by atoms with Gasteiger partial charge in [0, 0.05) is 18.8 Å². The van der Waals surface area contributed by atoms with Crippen LogP contribution in [0.4, 0.5) is 0 Å². The lowest BCUT2D eigenvalue weighted by atomic mass is 9.85. The lowest BCUT2D eigenvalue weighted by Crippen LogP contribution is -2.37. The van der Waals surface area contributed by atoms with Crippen LogP contribution in [-0.4, -0.2) is 27.5 Å². The highest BCUT2D eigenvalue weighted by atomic mass is 79.9. The van der Waals surface area contributed by atoms with Gasteiger partial charge in [0.25, 0.3) is 5.91 Å². The number of hydrogen-bond acceptors (Lipinski definition) is 2. The molecule has 1 fully saturated rings. The SMILES string of the molecule is Cc1[nH]nc(C(=O)N(Cc2ccccc2)CC2CCC2)c1Br. The van der Waals surface area contributed by atoms with E-state index >= 15 is 0 Å². The first-order chi connectivity index (χ1) is 10.6. The maximum atomic E-state index is 12.9. The molecule has 22 heavy (non-hydrogen) atoms. The van der Waals surface area contributed by atoms with Crippen molar-refractivity contribution in [2.24, 2.45) is 5.92 Å². The number of nitrogens with zero attached hydrogens (tertiary/aromatic N) is 2. The molecule has 1 aliphatic rings. The van der Waals surface area contributed by atoms with E-state index in [1.807, 2.05) is 30.0 Å². The van der Waals surface area contributed by atoms with Crippen molar-refractivity contribution in [2.45, 2.75) is 32.7 Å². The molecule has 1 saturated carbocycles. The van der Waals surface area contributed by atoms with E-state index in [1.165, 1.54) is 19.3 Å². The third kappa shape index (κ3) is 3.24. The third-order valence-electron chi connectivity index (χ3n) is 4.28. The van der Waals surface area contributed by atoms with Gasteiger partial charge in [0.05, 0.1) is 4.47 Å². The number of rotatable bonds is 5. The molecule has 1 N–H and O–H groups in total. The molecule has 1 amide bonds. The Morgan fingerprint density at radius 1 is 1.36 bits per heavy atom. The maximum Gasteiger partial charge on any atom is 0.275 e. The van der Waals surface area contributed by atoms with Gasteiger partial charge in [0.2, 0.25) is 0 Å². The minimum absolute atomic E-state index is 0.00743. The summed E-state index contributed by atoms with van der Waals surface area (Å²) in [6, 6.07) is 10.1. The van der Waals surface area contributed by atoms with Crippen molar-refractivity contribution < 1.29 is 4.79 Å². The summed E-state index contributed by atoms with van der Waals surface area (Å²) in [5.41, 5.74) is 2.51. The largest absolute Gasteiger partial charge is 0.333 e. The van der Waals surface area contributed by atoms with Crippen LogP contribution in [0.3, 0.4) is 0 Å². The van der Waals surface area contributed by atoms with Crippen molar-refractivity contribution in [1.29, 1.82) is 0 Å². The van der Waals surface area contributed by atoms with Crippen molar-refractivity contribution in [2.75, 3.05) is 6.54 Å². The van der Waals surface area contributed by atoms with Gasteiger partial charge in [-0.05, 0) is 47.2 Å². The average molecular weight is 362 g/mol. The van der Waals surface area contributed by atoms with Crippen LogP contribution >= 0.6 is 15.9 Å². The van der Waals surface area contributed by atoms with E-state index in [9.17, 15) is 4.79 Å². The number of H-pyrrole nitrogens is 1. The Bertz CT molecular complexity index is 649. The molecule has 0 saturated heterocycles. The van der Waals surface area contributed by atoms with Gasteiger partial charge in [-0.15, -0.1) is 0 Å². The van der Waals surface area contributed by atoms with Crippen LogP contribution in [0.15, 0.2) is 34.8 Å². The van der Waals surface area contributed by atoms with Crippen LogP contribution in [0.5, 0.6) is 0 Å². The molecule has 116 valence electrons. The first-order valence-corrected chi connectivity index (χ1v) is 8.48. The van der Waals surface area contributed by atoms with Crippen LogP contribution in [-0.2, 0) is 6.54 Å². The van der Waals surface area contributed by atoms with Gasteiger partial charge in [0.1, 0.15) is 0 Å². The Kier molecular flexibility index (Phi) is 4.62. The molecule has 1 heterocycles.